The van der Waals surface area contributed by atoms with Gasteiger partial charge in [-0.15, -0.1) is 0 Å². The second-order valence-corrected chi connectivity index (χ2v) is 8.53. The molecule has 29 heavy (non-hydrogen) atoms. The Balaban J connectivity index is 1.41. The second kappa shape index (κ2) is 7.65. The SMILES string of the molecule is COc1nc(NC2CCCCC2)nc(N2C[C@H]3C[C@@H](C2)c2cccc(=O)n2C3)n1. The minimum Gasteiger partial charge on any atom is -0.467 e. The lowest BCUT2D eigenvalue weighted by molar-refractivity contribution is 0.279. The van der Waals surface area contributed by atoms with E-state index in [1.807, 2.05) is 10.6 Å². The van der Waals surface area contributed by atoms with Crippen LogP contribution >= 0.6 is 0 Å². The van der Waals surface area contributed by atoms with Crippen LogP contribution in [0.3, 0.4) is 0 Å². The van der Waals surface area contributed by atoms with Crippen molar-refractivity contribution < 1.29 is 4.74 Å². The average Bonchev–Trinajstić information content (AvgIpc) is 2.75. The van der Waals surface area contributed by atoms with Crippen LogP contribution in [0.4, 0.5) is 11.9 Å². The maximum atomic E-state index is 12.3. The van der Waals surface area contributed by atoms with Gasteiger partial charge < -0.3 is 19.5 Å². The largest absolute Gasteiger partial charge is 0.467 e. The Labute approximate surface area is 170 Å². The third-order valence-electron chi connectivity index (χ3n) is 6.49. The summed E-state index contributed by atoms with van der Waals surface area (Å²) in [5.74, 6) is 2.00. The molecule has 8 heteroatoms. The van der Waals surface area contributed by atoms with E-state index in [1.165, 1.54) is 19.3 Å². The monoisotopic (exact) mass is 396 g/mol. The second-order valence-electron chi connectivity index (χ2n) is 8.53. The van der Waals surface area contributed by atoms with Crippen LogP contribution in [-0.4, -0.2) is 45.8 Å². The first-order valence-electron chi connectivity index (χ1n) is 10.7. The number of hydrogen-bond acceptors (Lipinski definition) is 7. The highest BCUT2D eigenvalue weighted by molar-refractivity contribution is 5.41. The number of hydrogen-bond donors (Lipinski definition) is 1. The fraction of sp³-hybridized carbons (Fsp3) is 0.619. The van der Waals surface area contributed by atoms with Gasteiger partial charge in [-0.3, -0.25) is 4.79 Å². The number of nitrogens with one attached hydrogen (secondary N) is 1. The molecule has 2 aliphatic heterocycles. The maximum absolute atomic E-state index is 12.3. The van der Waals surface area contributed by atoms with E-state index in [1.54, 1.807) is 13.2 Å². The first-order valence-corrected chi connectivity index (χ1v) is 10.7. The summed E-state index contributed by atoms with van der Waals surface area (Å²) in [4.78, 5) is 28.2. The van der Waals surface area contributed by atoms with Crippen molar-refractivity contribution in [3.8, 4) is 6.01 Å². The zero-order valence-electron chi connectivity index (χ0n) is 16.9. The first-order chi connectivity index (χ1) is 14.2. The predicted molar refractivity (Wildman–Crippen MR) is 111 cm³/mol. The molecule has 2 aromatic heterocycles. The molecule has 3 aliphatic rings. The molecule has 5 rings (SSSR count). The highest BCUT2D eigenvalue weighted by Gasteiger charge is 2.35. The fourth-order valence-electron chi connectivity index (χ4n) is 5.13. The van der Waals surface area contributed by atoms with E-state index in [0.29, 0.717) is 35.8 Å². The Bertz CT molecular complexity index is 939. The molecule has 4 heterocycles. The summed E-state index contributed by atoms with van der Waals surface area (Å²) in [6.45, 7) is 2.40. The molecule has 2 bridgehead atoms. The third kappa shape index (κ3) is 3.68. The van der Waals surface area contributed by atoms with Crippen molar-refractivity contribution in [1.82, 2.24) is 19.5 Å². The van der Waals surface area contributed by atoms with Crippen molar-refractivity contribution in [1.29, 1.82) is 0 Å². The summed E-state index contributed by atoms with van der Waals surface area (Å²) in [7, 11) is 1.59. The van der Waals surface area contributed by atoms with Gasteiger partial charge in [0.1, 0.15) is 0 Å². The Morgan fingerprint density at radius 1 is 1.07 bits per heavy atom. The number of ether oxygens (including phenoxy) is 1. The van der Waals surface area contributed by atoms with E-state index in [2.05, 4.69) is 26.3 Å². The standard InChI is InChI=1S/C21H28N6O2/c1-29-21-24-19(22-16-6-3-2-4-7-16)23-20(25-21)26-11-14-10-15(13-26)17-8-5-9-18(28)27(17)12-14/h5,8-9,14-16H,2-4,6-7,10-13H2,1H3,(H,22,23,24,25)/t14-,15+/m1/s1. The summed E-state index contributed by atoms with van der Waals surface area (Å²) in [5.41, 5.74) is 1.23. The van der Waals surface area contributed by atoms with Gasteiger partial charge in [0.05, 0.1) is 7.11 Å². The number of aromatic nitrogens is 4. The van der Waals surface area contributed by atoms with E-state index in [9.17, 15) is 4.79 Å². The Kier molecular flexibility index (Phi) is 4.85. The van der Waals surface area contributed by atoms with Crippen LogP contribution in [0.5, 0.6) is 6.01 Å². The molecule has 1 saturated carbocycles. The minimum absolute atomic E-state index is 0.103. The molecule has 0 amide bonds. The van der Waals surface area contributed by atoms with Gasteiger partial charge in [-0.2, -0.15) is 15.0 Å². The van der Waals surface area contributed by atoms with E-state index in [0.717, 1.165) is 44.6 Å². The molecule has 1 aliphatic carbocycles. The molecule has 0 radical (unpaired) electrons. The predicted octanol–water partition coefficient (Wildman–Crippen LogP) is 2.41. The average molecular weight is 396 g/mol. The highest BCUT2D eigenvalue weighted by atomic mass is 16.5. The first kappa shape index (κ1) is 18.4. The molecule has 2 atom stereocenters. The molecule has 8 nitrogen and oxygen atoms in total. The van der Waals surface area contributed by atoms with Crippen LogP contribution in [-0.2, 0) is 6.54 Å². The molecule has 0 unspecified atom stereocenters. The molecule has 1 N–H and O–H groups in total. The molecular formula is C21H28N6O2. The Hall–Kier alpha value is -2.64. The highest BCUT2D eigenvalue weighted by Crippen LogP contribution is 2.36. The van der Waals surface area contributed by atoms with Gasteiger partial charge in [-0.25, -0.2) is 0 Å². The number of methoxy groups -OCH3 is 1. The van der Waals surface area contributed by atoms with Crippen LogP contribution in [0.2, 0.25) is 0 Å². The molecule has 154 valence electrons. The fourth-order valence-corrected chi connectivity index (χ4v) is 5.13. The number of fused-ring (bicyclic) bond motifs is 4. The Morgan fingerprint density at radius 2 is 1.93 bits per heavy atom. The van der Waals surface area contributed by atoms with Gasteiger partial charge in [-0.05, 0) is 31.2 Å². The molecule has 2 fully saturated rings. The minimum atomic E-state index is 0.103. The van der Waals surface area contributed by atoms with Crippen molar-refractivity contribution in [2.24, 2.45) is 5.92 Å². The summed E-state index contributed by atoms with van der Waals surface area (Å²) in [6, 6.07) is 6.37. The van der Waals surface area contributed by atoms with Gasteiger partial charge in [0.15, 0.2) is 0 Å². The van der Waals surface area contributed by atoms with Crippen LogP contribution in [0.25, 0.3) is 0 Å². The van der Waals surface area contributed by atoms with Crippen molar-refractivity contribution >= 4 is 11.9 Å². The van der Waals surface area contributed by atoms with Crippen molar-refractivity contribution in [3.05, 3.63) is 34.2 Å². The van der Waals surface area contributed by atoms with E-state index >= 15 is 0 Å². The molecule has 0 aromatic carbocycles. The van der Waals surface area contributed by atoms with Gasteiger partial charge in [-0.1, -0.05) is 25.3 Å². The summed E-state index contributed by atoms with van der Waals surface area (Å²) in [5, 5.41) is 3.49. The zero-order chi connectivity index (χ0) is 19.8. The summed E-state index contributed by atoms with van der Waals surface area (Å²) in [6.07, 6.45) is 7.23. The van der Waals surface area contributed by atoms with Crippen LogP contribution in [0.1, 0.15) is 50.1 Å². The lowest BCUT2D eigenvalue weighted by Gasteiger charge is -2.42. The van der Waals surface area contributed by atoms with Crippen LogP contribution in [0.15, 0.2) is 23.0 Å². The number of pyridine rings is 1. The lowest BCUT2D eigenvalue weighted by atomic mass is 9.83. The number of piperidine rings is 1. The molecular weight excluding hydrogens is 368 g/mol. The molecule has 1 saturated heterocycles. The number of rotatable bonds is 4. The van der Waals surface area contributed by atoms with E-state index < -0.39 is 0 Å². The maximum Gasteiger partial charge on any atom is 0.322 e. The van der Waals surface area contributed by atoms with E-state index in [4.69, 9.17) is 9.72 Å². The normalized spacial score (nSPS) is 24.1. The van der Waals surface area contributed by atoms with Gasteiger partial charge in [0, 0.05) is 43.4 Å². The van der Waals surface area contributed by atoms with Gasteiger partial charge in [0.2, 0.25) is 11.9 Å². The lowest BCUT2D eigenvalue weighted by Crippen LogP contribution is -2.47. The third-order valence-corrected chi connectivity index (χ3v) is 6.49. The van der Waals surface area contributed by atoms with Crippen LogP contribution in [0, 0.1) is 5.92 Å². The van der Waals surface area contributed by atoms with Crippen molar-refractivity contribution in [2.75, 3.05) is 30.4 Å². The molecule has 2 aromatic rings. The summed E-state index contributed by atoms with van der Waals surface area (Å²) >= 11 is 0. The van der Waals surface area contributed by atoms with Gasteiger partial charge >= 0.3 is 6.01 Å². The van der Waals surface area contributed by atoms with E-state index in [-0.39, 0.29) is 5.56 Å². The van der Waals surface area contributed by atoms with Gasteiger partial charge in [0.25, 0.3) is 5.56 Å². The summed E-state index contributed by atoms with van der Waals surface area (Å²) < 4.78 is 7.31. The quantitative estimate of drug-likeness (QED) is 0.849. The van der Waals surface area contributed by atoms with Crippen LogP contribution < -0.4 is 20.5 Å². The Morgan fingerprint density at radius 3 is 2.76 bits per heavy atom. The smallest absolute Gasteiger partial charge is 0.322 e. The number of nitrogens with zero attached hydrogens (tertiary/aromatic N) is 5. The number of anilines is 2. The van der Waals surface area contributed by atoms with Crippen molar-refractivity contribution in [2.45, 2.75) is 57.0 Å². The molecule has 0 spiro atoms. The topological polar surface area (TPSA) is 85.2 Å². The van der Waals surface area contributed by atoms with Crippen molar-refractivity contribution in [3.63, 3.8) is 0 Å². The zero-order valence-corrected chi connectivity index (χ0v) is 16.9.